The van der Waals surface area contributed by atoms with E-state index in [0.29, 0.717) is 11.1 Å². The first-order valence-corrected chi connectivity index (χ1v) is 6.41. The van der Waals surface area contributed by atoms with Crippen molar-refractivity contribution in [2.75, 3.05) is 5.32 Å². The first kappa shape index (κ1) is 14.6. The van der Waals surface area contributed by atoms with Crippen molar-refractivity contribution in [1.82, 2.24) is 0 Å². The van der Waals surface area contributed by atoms with Crippen LogP contribution in [0.15, 0.2) is 48.5 Å². The fourth-order valence-corrected chi connectivity index (χ4v) is 1.85. The largest absolute Gasteiger partial charge is 0.506 e. The molecule has 21 heavy (non-hydrogen) atoms. The van der Waals surface area contributed by atoms with Gasteiger partial charge in [0, 0.05) is 5.56 Å². The zero-order valence-corrected chi connectivity index (χ0v) is 11.4. The van der Waals surface area contributed by atoms with E-state index >= 15 is 0 Å². The van der Waals surface area contributed by atoms with E-state index in [9.17, 15) is 14.7 Å². The Morgan fingerprint density at radius 1 is 1.10 bits per heavy atom. The highest BCUT2D eigenvalue weighted by molar-refractivity contribution is 6.05. The number of phenolic OH excluding ortho intramolecular Hbond substituents is 1. The normalized spacial score (nSPS) is 11.7. The zero-order valence-electron chi connectivity index (χ0n) is 11.4. The minimum absolute atomic E-state index is 0.111. The van der Waals surface area contributed by atoms with Gasteiger partial charge in [-0.05, 0) is 36.8 Å². The Morgan fingerprint density at radius 3 is 2.38 bits per heavy atom. The summed E-state index contributed by atoms with van der Waals surface area (Å²) in [6.07, 6.45) is 0. The van der Waals surface area contributed by atoms with Gasteiger partial charge in [-0.2, -0.15) is 0 Å². The van der Waals surface area contributed by atoms with Crippen LogP contribution >= 0.6 is 0 Å². The van der Waals surface area contributed by atoms with Crippen LogP contribution in [-0.2, 0) is 4.79 Å². The maximum atomic E-state index is 12.0. The summed E-state index contributed by atoms with van der Waals surface area (Å²) in [5.74, 6) is -2.18. The van der Waals surface area contributed by atoms with E-state index in [1.807, 2.05) is 0 Å². The zero-order chi connectivity index (χ0) is 15.4. The van der Waals surface area contributed by atoms with Crippen molar-refractivity contribution in [3.05, 3.63) is 59.7 Å². The molecule has 5 nitrogen and oxygen atoms in total. The van der Waals surface area contributed by atoms with Gasteiger partial charge in [0.05, 0.1) is 11.6 Å². The van der Waals surface area contributed by atoms with E-state index < -0.39 is 11.9 Å². The number of aromatic hydroxyl groups is 1. The second-order valence-electron chi connectivity index (χ2n) is 4.66. The maximum absolute atomic E-state index is 12.0. The fraction of sp³-hybridized carbons (Fsp3) is 0.125. The molecule has 1 atom stereocenters. The minimum Gasteiger partial charge on any atom is -0.506 e. The second kappa shape index (κ2) is 6.09. The number of hydrogen-bond donors (Lipinski definition) is 3. The van der Waals surface area contributed by atoms with Gasteiger partial charge in [0.15, 0.2) is 0 Å². The molecule has 2 aromatic rings. The highest BCUT2D eigenvalue weighted by Crippen LogP contribution is 2.28. The molecule has 0 aliphatic heterocycles. The van der Waals surface area contributed by atoms with Crippen molar-refractivity contribution >= 4 is 17.6 Å². The number of aliphatic carboxylic acids is 1. The molecule has 0 fully saturated rings. The number of phenols is 1. The van der Waals surface area contributed by atoms with Gasteiger partial charge < -0.3 is 15.5 Å². The quantitative estimate of drug-likeness (QED) is 0.754. The summed E-state index contributed by atoms with van der Waals surface area (Å²) in [4.78, 5) is 23.0. The van der Waals surface area contributed by atoms with Gasteiger partial charge in [-0.1, -0.05) is 24.3 Å². The van der Waals surface area contributed by atoms with Crippen molar-refractivity contribution < 1.29 is 19.8 Å². The van der Waals surface area contributed by atoms with Gasteiger partial charge in [-0.15, -0.1) is 0 Å². The van der Waals surface area contributed by atoms with Gasteiger partial charge in [0.2, 0.25) is 0 Å². The third-order valence-electron chi connectivity index (χ3n) is 3.18. The summed E-state index contributed by atoms with van der Waals surface area (Å²) in [5.41, 5.74) is 1.15. The molecule has 0 aromatic heterocycles. The third kappa shape index (κ3) is 3.39. The lowest BCUT2D eigenvalue weighted by Gasteiger charge is -2.12. The van der Waals surface area contributed by atoms with Crippen molar-refractivity contribution in [2.24, 2.45) is 0 Å². The van der Waals surface area contributed by atoms with E-state index in [0.717, 1.165) is 0 Å². The Balaban J connectivity index is 2.25. The molecule has 0 spiro atoms. The van der Waals surface area contributed by atoms with Gasteiger partial charge in [-0.3, -0.25) is 9.59 Å². The highest BCUT2D eigenvalue weighted by Gasteiger charge is 2.16. The van der Waals surface area contributed by atoms with Crippen LogP contribution in [0.25, 0.3) is 0 Å². The number of carboxylic acid groups (broad SMARTS) is 1. The van der Waals surface area contributed by atoms with Gasteiger partial charge in [-0.25, -0.2) is 0 Å². The molecule has 0 aliphatic carbocycles. The van der Waals surface area contributed by atoms with Crippen LogP contribution in [0.1, 0.15) is 28.8 Å². The Bertz CT molecular complexity index is 667. The minimum atomic E-state index is -0.971. The summed E-state index contributed by atoms with van der Waals surface area (Å²) in [5, 5.41) is 21.4. The SMILES string of the molecule is CC(C(=O)O)c1ccc(O)c(NC(=O)c2ccccc2)c1. The summed E-state index contributed by atoms with van der Waals surface area (Å²) >= 11 is 0. The lowest BCUT2D eigenvalue weighted by Crippen LogP contribution is -2.13. The lowest BCUT2D eigenvalue weighted by molar-refractivity contribution is -0.138. The maximum Gasteiger partial charge on any atom is 0.310 e. The third-order valence-corrected chi connectivity index (χ3v) is 3.18. The molecule has 1 amide bonds. The number of nitrogens with one attached hydrogen (secondary N) is 1. The van der Waals surface area contributed by atoms with Gasteiger partial charge in [0.1, 0.15) is 5.75 Å². The molecular formula is C16H15NO4. The molecule has 2 rings (SSSR count). The van der Waals surface area contributed by atoms with Crippen LogP contribution in [0.4, 0.5) is 5.69 Å². The number of carboxylic acids is 1. The topological polar surface area (TPSA) is 86.6 Å². The number of rotatable bonds is 4. The molecule has 0 saturated heterocycles. The molecule has 108 valence electrons. The van der Waals surface area contributed by atoms with Crippen molar-refractivity contribution in [1.29, 1.82) is 0 Å². The average Bonchev–Trinajstić information content (AvgIpc) is 2.49. The van der Waals surface area contributed by atoms with Crippen LogP contribution in [0.3, 0.4) is 0 Å². The molecule has 5 heteroatoms. The van der Waals surface area contributed by atoms with Crippen molar-refractivity contribution in [2.45, 2.75) is 12.8 Å². The lowest BCUT2D eigenvalue weighted by atomic mass is 10.0. The van der Waals surface area contributed by atoms with E-state index in [-0.39, 0.29) is 17.3 Å². The number of anilines is 1. The van der Waals surface area contributed by atoms with Gasteiger partial charge in [0.25, 0.3) is 5.91 Å². The number of amides is 1. The predicted molar refractivity (Wildman–Crippen MR) is 78.6 cm³/mol. The smallest absolute Gasteiger partial charge is 0.310 e. The van der Waals surface area contributed by atoms with E-state index in [1.165, 1.54) is 25.1 Å². The number of benzene rings is 2. The average molecular weight is 285 g/mol. The first-order chi connectivity index (χ1) is 9.99. The second-order valence-corrected chi connectivity index (χ2v) is 4.66. The molecule has 2 aromatic carbocycles. The van der Waals surface area contributed by atoms with Gasteiger partial charge >= 0.3 is 5.97 Å². The molecule has 1 unspecified atom stereocenters. The van der Waals surface area contributed by atoms with Crippen LogP contribution in [-0.4, -0.2) is 22.1 Å². The Labute approximate surface area is 121 Å². The van der Waals surface area contributed by atoms with Crippen LogP contribution in [0.2, 0.25) is 0 Å². The molecule has 0 bridgehead atoms. The van der Waals surface area contributed by atoms with E-state index in [4.69, 9.17) is 5.11 Å². The van der Waals surface area contributed by atoms with Crippen molar-refractivity contribution in [3.8, 4) is 5.75 Å². The highest BCUT2D eigenvalue weighted by atomic mass is 16.4. The Hall–Kier alpha value is -2.82. The first-order valence-electron chi connectivity index (χ1n) is 6.41. The number of hydrogen-bond acceptors (Lipinski definition) is 3. The summed E-state index contributed by atoms with van der Waals surface area (Å²) in [7, 11) is 0. The predicted octanol–water partition coefficient (Wildman–Crippen LogP) is 2.83. The van der Waals surface area contributed by atoms with E-state index in [2.05, 4.69) is 5.32 Å². The summed E-state index contributed by atoms with van der Waals surface area (Å²) < 4.78 is 0. The molecule has 0 radical (unpaired) electrons. The van der Waals surface area contributed by atoms with Crippen LogP contribution in [0, 0.1) is 0 Å². The molecule has 0 saturated carbocycles. The van der Waals surface area contributed by atoms with Crippen LogP contribution in [0.5, 0.6) is 5.75 Å². The molecule has 0 aliphatic rings. The summed E-state index contributed by atoms with van der Waals surface area (Å²) in [6, 6.07) is 12.9. The molecule has 0 heterocycles. The molecular weight excluding hydrogens is 270 g/mol. The van der Waals surface area contributed by atoms with Crippen molar-refractivity contribution in [3.63, 3.8) is 0 Å². The fourth-order valence-electron chi connectivity index (χ4n) is 1.85. The Morgan fingerprint density at radius 2 is 1.76 bits per heavy atom. The van der Waals surface area contributed by atoms with E-state index in [1.54, 1.807) is 30.3 Å². The number of carbonyl (C=O) groups is 2. The standard InChI is InChI=1S/C16H15NO4/c1-10(16(20)21)12-7-8-14(18)13(9-12)17-15(19)11-5-3-2-4-6-11/h2-10,18H,1H3,(H,17,19)(H,20,21). The monoisotopic (exact) mass is 285 g/mol. The Kier molecular flexibility index (Phi) is 4.23. The van der Waals surface area contributed by atoms with Crippen LogP contribution < -0.4 is 5.32 Å². The summed E-state index contributed by atoms with van der Waals surface area (Å²) in [6.45, 7) is 1.54. The molecule has 3 N–H and O–H groups in total. The number of carbonyl (C=O) groups excluding carboxylic acids is 1.